The van der Waals surface area contributed by atoms with Gasteiger partial charge < -0.3 is 28.1 Å². The van der Waals surface area contributed by atoms with E-state index in [0.717, 1.165) is 23.0 Å². The van der Waals surface area contributed by atoms with Gasteiger partial charge in [-0.2, -0.15) is 26.3 Å². The van der Waals surface area contributed by atoms with Crippen LogP contribution in [0.4, 0.5) is 26.3 Å². The van der Waals surface area contributed by atoms with E-state index in [2.05, 4.69) is 177 Å². The van der Waals surface area contributed by atoms with Gasteiger partial charge >= 0.3 is 11.0 Å². The lowest BCUT2D eigenvalue weighted by Crippen LogP contribution is -2.21. The Hall–Kier alpha value is -4.07. The molecule has 0 saturated carbocycles. The molecule has 0 aliphatic carbocycles. The fourth-order valence-corrected chi connectivity index (χ4v) is 14.7. The Morgan fingerprint density at radius 2 is 0.630 bits per heavy atom. The van der Waals surface area contributed by atoms with Gasteiger partial charge in [-0.15, -0.1) is 0 Å². The van der Waals surface area contributed by atoms with Crippen molar-refractivity contribution >= 4 is 76.5 Å². The Balaban J connectivity index is 0.000000622. The average Bonchev–Trinajstić information content (AvgIpc) is 3.97. The SMILES string of the molecule is CC(C)COc1ccc([S+](c2ccc(OCC(C)C)cc2)c2ccc(Sc3ccc([S+](c4ccc(OCC(C)C)cc4)c4ccc(OCC(C)C)cc4)s3)s2)cc1.O=S(=O)([O-])C(F)(F)F.O=S(=O)([O-])C(F)(F)F. The van der Waals surface area contributed by atoms with Crippen LogP contribution in [0.1, 0.15) is 55.4 Å². The van der Waals surface area contributed by atoms with E-state index in [1.54, 1.807) is 0 Å². The molecule has 0 spiro atoms. The molecule has 400 valence electrons. The second-order valence-corrected chi connectivity index (χ2v) is 28.4. The highest BCUT2D eigenvalue weighted by molar-refractivity contribution is 8.04. The number of hydrogen-bond acceptors (Lipinski definition) is 13. The number of alkyl halides is 6. The molecular weight excluding hydrogens is 1100 g/mol. The highest BCUT2D eigenvalue weighted by atomic mass is 32.2. The van der Waals surface area contributed by atoms with Gasteiger partial charge in [-0.25, -0.2) is 16.8 Å². The van der Waals surface area contributed by atoms with Crippen LogP contribution in [0.2, 0.25) is 0 Å². The highest BCUT2D eigenvalue weighted by Gasteiger charge is 2.38. The van der Waals surface area contributed by atoms with Gasteiger partial charge in [0.15, 0.2) is 39.8 Å². The van der Waals surface area contributed by atoms with Crippen LogP contribution in [0, 0.1) is 23.7 Å². The van der Waals surface area contributed by atoms with Gasteiger partial charge in [0.25, 0.3) is 0 Å². The smallest absolute Gasteiger partial charge is 0.485 e. The molecular formula is C50H56F6O10S7. The first-order valence-corrected chi connectivity index (χ1v) is 30.0. The zero-order chi connectivity index (χ0) is 54.3. The largest absolute Gasteiger partial charge is 0.741 e. The first kappa shape index (κ1) is 61.5. The number of benzene rings is 4. The molecule has 0 N–H and O–H groups in total. The Morgan fingerprint density at radius 1 is 0.425 bits per heavy atom. The fraction of sp³-hybridized carbons (Fsp3) is 0.360. The molecule has 0 fully saturated rings. The van der Waals surface area contributed by atoms with E-state index in [4.69, 9.17) is 44.9 Å². The number of rotatable bonds is 20. The van der Waals surface area contributed by atoms with Crippen LogP contribution in [0.15, 0.2) is 158 Å². The van der Waals surface area contributed by atoms with Crippen molar-refractivity contribution in [3.63, 3.8) is 0 Å². The molecule has 0 unspecified atom stereocenters. The third kappa shape index (κ3) is 20.5. The lowest BCUT2D eigenvalue weighted by atomic mass is 10.2. The van der Waals surface area contributed by atoms with Gasteiger partial charge in [0.05, 0.1) is 34.8 Å². The topological polar surface area (TPSA) is 151 Å². The second-order valence-electron chi connectivity index (χ2n) is 17.4. The average molecular weight is 1160 g/mol. The molecule has 0 amide bonds. The van der Waals surface area contributed by atoms with Crippen molar-refractivity contribution < 1.29 is 71.2 Å². The van der Waals surface area contributed by atoms with Crippen LogP contribution in [0.3, 0.4) is 0 Å². The van der Waals surface area contributed by atoms with Crippen LogP contribution < -0.4 is 18.9 Å². The predicted molar refractivity (Wildman–Crippen MR) is 276 cm³/mol. The quantitative estimate of drug-likeness (QED) is 0.0311. The van der Waals surface area contributed by atoms with Gasteiger partial charge in [-0.3, -0.25) is 0 Å². The maximum absolute atomic E-state index is 10.7. The van der Waals surface area contributed by atoms with Crippen LogP contribution in [-0.2, 0) is 42.0 Å². The standard InChI is InChI=1S/C48H56O4S5.2CHF3O3S/c1-33(2)29-49-37-9-17-41(18-10-37)56(42-19-11-38(12-20-42)50-30-34(3)4)47-27-25-45(54-47)53-46-26-28-48(55-46)57(43-21-13-39(14-22-43)51-31-35(5)6)44-23-15-40(16-24-44)52-32-36(7)8;2*2-1(3,4)8(5,6)7/h9-28,33-36H,29-32H2,1-8H3;2*(H,5,6,7)/q+2;;/p-2. The Morgan fingerprint density at radius 3 is 0.808 bits per heavy atom. The normalized spacial score (nSPS) is 12.2. The van der Waals surface area contributed by atoms with E-state index in [1.165, 1.54) is 36.4 Å². The molecule has 0 aliphatic heterocycles. The minimum absolute atomic E-state index is 0.280. The summed E-state index contributed by atoms with van der Waals surface area (Å²) in [4.78, 5) is 5.07. The summed E-state index contributed by atoms with van der Waals surface area (Å²) >= 11 is 5.62. The van der Waals surface area contributed by atoms with Crippen molar-refractivity contribution in [2.75, 3.05) is 26.4 Å². The maximum Gasteiger partial charge on any atom is 0.485 e. The molecule has 2 aromatic heterocycles. The summed E-state index contributed by atoms with van der Waals surface area (Å²) in [6, 6.07) is 44.0. The summed E-state index contributed by atoms with van der Waals surface area (Å²) in [6.45, 7) is 20.2. The van der Waals surface area contributed by atoms with E-state index in [-0.39, 0.29) is 21.8 Å². The molecule has 6 aromatic rings. The number of thiophene rings is 2. The molecule has 0 bridgehead atoms. The van der Waals surface area contributed by atoms with Gasteiger partial charge in [0, 0.05) is 12.1 Å². The first-order valence-electron chi connectivity index (χ1n) is 22.3. The van der Waals surface area contributed by atoms with Crippen molar-refractivity contribution in [1.29, 1.82) is 0 Å². The minimum atomic E-state index is -6.09. The van der Waals surface area contributed by atoms with Crippen LogP contribution >= 0.6 is 34.4 Å². The summed E-state index contributed by atoms with van der Waals surface area (Å²) in [5.41, 5.74) is -11.3. The van der Waals surface area contributed by atoms with Crippen molar-refractivity contribution in [3.8, 4) is 23.0 Å². The monoisotopic (exact) mass is 1150 g/mol. The number of hydrogen-bond donors (Lipinski definition) is 0. The summed E-state index contributed by atoms with van der Waals surface area (Å²) in [6.07, 6.45) is 0. The van der Waals surface area contributed by atoms with Crippen molar-refractivity contribution in [2.45, 2.75) is 103 Å². The molecule has 4 aromatic carbocycles. The predicted octanol–water partition coefficient (Wildman–Crippen LogP) is 14.4. The Kier molecular flexibility index (Phi) is 23.3. The maximum atomic E-state index is 10.7. The molecule has 0 saturated heterocycles. The van der Waals surface area contributed by atoms with Crippen LogP contribution in [0.25, 0.3) is 0 Å². The third-order valence-corrected chi connectivity index (χ3v) is 18.6. The van der Waals surface area contributed by atoms with Crippen molar-refractivity contribution in [3.05, 3.63) is 121 Å². The van der Waals surface area contributed by atoms with Crippen molar-refractivity contribution in [2.24, 2.45) is 23.7 Å². The van der Waals surface area contributed by atoms with E-state index < -0.39 is 31.3 Å². The molecule has 2 heterocycles. The molecule has 10 nitrogen and oxygen atoms in total. The zero-order valence-electron chi connectivity index (χ0n) is 40.9. The van der Waals surface area contributed by atoms with E-state index in [1.807, 2.05) is 34.4 Å². The van der Waals surface area contributed by atoms with E-state index >= 15 is 0 Å². The van der Waals surface area contributed by atoms with Gasteiger partial charge in [0.1, 0.15) is 44.8 Å². The van der Waals surface area contributed by atoms with Gasteiger partial charge in [-0.05, 0) is 133 Å². The lowest BCUT2D eigenvalue weighted by Gasteiger charge is -2.11. The fourth-order valence-electron chi connectivity index (χ4n) is 5.51. The highest BCUT2D eigenvalue weighted by Crippen LogP contribution is 2.45. The first-order chi connectivity index (χ1) is 34.0. The number of ether oxygens (including phenoxy) is 4. The summed E-state index contributed by atoms with van der Waals surface area (Å²) in [5.74, 6) is 5.55. The Bertz CT molecular complexity index is 2510. The second kappa shape index (κ2) is 27.6. The van der Waals surface area contributed by atoms with Crippen molar-refractivity contribution in [1.82, 2.24) is 0 Å². The molecule has 0 aliphatic rings. The molecule has 6 rings (SSSR count). The third-order valence-electron chi connectivity index (χ3n) is 8.85. The summed E-state index contributed by atoms with van der Waals surface area (Å²) in [7, 11) is -12.7. The zero-order valence-corrected chi connectivity index (χ0v) is 46.6. The van der Waals surface area contributed by atoms with E-state index in [0.29, 0.717) is 50.1 Å². The molecule has 23 heteroatoms. The van der Waals surface area contributed by atoms with Crippen LogP contribution in [0.5, 0.6) is 23.0 Å². The van der Waals surface area contributed by atoms with Crippen LogP contribution in [-0.4, -0.2) is 63.4 Å². The van der Waals surface area contributed by atoms with Gasteiger partial charge in [-0.1, -0.05) is 89.8 Å². The van der Waals surface area contributed by atoms with Gasteiger partial charge in [0.2, 0.25) is 8.42 Å². The lowest BCUT2D eigenvalue weighted by molar-refractivity contribution is -0.0522. The minimum Gasteiger partial charge on any atom is -0.741 e. The molecule has 0 radical (unpaired) electrons. The summed E-state index contributed by atoms with van der Waals surface area (Å²) < 4.78 is 147. The van der Waals surface area contributed by atoms with E-state index in [9.17, 15) is 26.3 Å². The molecule has 0 atom stereocenters. The number of halogens is 6. The molecule has 73 heavy (non-hydrogen) atoms. The Labute approximate surface area is 442 Å². The summed E-state index contributed by atoms with van der Waals surface area (Å²) in [5, 5.41) is 0.